The number of amides is 1. The molecule has 0 spiro atoms. The van der Waals surface area contributed by atoms with Crippen LogP contribution in [-0.4, -0.2) is 32.7 Å². The van der Waals surface area contributed by atoms with Crippen molar-refractivity contribution in [2.24, 2.45) is 0 Å². The van der Waals surface area contributed by atoms with Crippen LogP contribution in [0.25, 0.3) is 6.08 Å². The number of aliphatic carboxylic acids is 1. The standard InChI is InChI=1S/C15H13NO3S2.K.H/c1-10(7-11-5-3-2-4-6-11)8-12-14(19)16(9-13(17)18)15(20)21-12;;/h2-8H,9H2,1H3,(H,17,18);;/q;+1;-1/b10-7+,12-8+;;. The Hall–Kier alpha value is -0.284. The van der Waals surface area contributed by atoms with Gasteiger partial charge in [-0.2, -0.15) is 0 Å². The molecule has 0 atom stereocenters. The Kier molecular flexibility index (Phi) is 8.19. The molecule has 0 saturated carbocycles. The van der Waals surface area contributed by atoms with Gasteiger partial charge in [0.25, 0.3) is 5.91 Å². The van der Waals surface area contributed by atoms with Gasteiger partial charge >= 0.3 is 57.4 Å². The predicted molar refractivity (Wildman–Crippen MR) is 88.8 cm³/mol. The van der Waals surface area contributed by atoms with E-state index in [1.165, 1.54) is 0 Å². The van der Waals surface area contributed by atoms with Crippen LogP contribution in [0.5, 0.6) is 0 Å². The zero-order chi connectivity index (χ0) is 15.4. The minimum Gasteiger partial charge on any atom is -1.00 e. The predicted octanol–water partition coefficient (Wildman–Crippen LogP) is 0.0352. The first kappa shape index (κ1) is 19.8. The summed E-state index contributed by atoms with van der Waals surface area (Å²) in [7, 11) is 0. The monoisotopic (exact) mass is 359 g/mol. The minimum atomic E-state index is -1.08. The molecule has 1 fully saturated rings. The summed E-state index contributed by atoms with van der Waals surface area (Å²) in [6, 6.07) is 9.74. The molecule has 1 aliphatic heterocycles. The molecule has 2 rings (SSSR count). The van der Waals surface area contributed by atoms with Crippen molar-refractivity contribution in [2.75, 3.05) is 6.54 Å². The van der Waals surface area contributed by atoms with Crippen LogP contribution < -0.4 is 51.4 Å². The fourth-order valence-electron chi connectivity index (χ4n) is 1.83. The minimum absolute atomic E-state index is 0. The molecule has 0 unspecified atom stereocenters. The number of nitrogens with zero attached hydrogens (tertiary/aromatic N) is 1. The van der Waals surface area contributed by atoms with Crippen LogP contribution >= 0.6 is 24.0 Å². The Balaban J connectivity index is 0.00000242. The molecule has 4 nitrogen and oxygen atoms in total. The van der Waals surface area contributed by atoms with Crippen LogP contribution in [0.2, 0.25) is 0 Å². The third-order valence-corrected chi connectivity index (χ3v) is 4.10. The molecule has 0 radical (unpaired) electrons. The van der Waals surface area contributed by atoms with E-state index in [4.69, 9.17) is 17.3 Å². The number of carbonyl (C=O) groups is 2. The van der Waals surface area contributed by atoms with Crippen LogP contribution in [0.1, 0.15) is 13.9 Å². The van der Waals surface area contributed by atoms with E-state index in [0.717, 1.165) is 27.8 Å². The molecular weight excluding hydrogens is 345 g/mol. The molecule has 0 aromatic heterocycles. The maximum absolute atomic E-state index is 12.1. The maximum atomic E-state index is 12.1. The van der Waals surface area contributed by atoms with E-state index >= 15 is 0 Å². The second-order valence-corrected chi connectivity index (χ2v) is 6.14. The van der Waals surface area contributed by atoms with Gasteiger partial charge < -0.3 is 6.53 Å². The Bertz CT molecular complexity index is 662. The Labute approximate surface area is 182 Å². The molecule has 1 aliphatic rings. The molecule has 1 amide bonds. The van der Waals surface area contributed by atoms with Gasteiger partial charge in [0.05, 0.1) is 4.91 Å². The SMILES string of the molecule is CC(=C\c1ccccc1)/C=C1/SC(=S)N(CC(=O)O)C1=O.[H-].[K+]. The quantitative estimate of drug-likeness (QED) is 0.467. The summed E-state index contributed by atoms with van der Waals surface area (Å²) in [5.41, 5.74) is 1.93. The van der Waals surface area contributed by atoms with E-state index in [2.05, 4.69) is 0 Å². The molecule has 1 aromatic carbocycles. The largest absolute Gasteiger partial charge is 1.00 e. The number of benzene rings is 1. The number of carbonyl (C=O) groups excluding carboxylic acids is 1. The van der Waals surface area contributed by atoms with Crippen molar-refractivity contribution >= 4 is 46.3 Å². The first-order chi connectivity index (χ1) is 9.97. The van der Waals surface area contributed by atoms with Crippen molar-refractivity contribution in [3.63, 3.8) is 0 Å². The zero-order valence-electron chi connectivity index (χ0n) is 13.3. The van der Waals surface area contributed by atoms with Crippen LogP contribution in [0, 0.1) is 0 Å². The summed E-state index contributed by atoms with van der Waals surface area (Å²) < 4.78 is 0.279. The smallest absolute Gasteiger partial charge is 1.00 e. The topological polar surface area (TPSA) is 57.6 Å². The first-order valence-corrected chi connectivity index (χ1v) is 7.40. The van der Waals surface area contributed by atoms with Gasteiger partial charge in [-0.1, -0.05) is 60.4 Å². The van der Waals surface area contributed by atoms with E-state index in [-0.39, 0.29) is 63.0 Å². The van der Waals surface area contributed by atoms with E-state index in [1.807, 2.05) is 43.3 Å². The summed E-state index contributed by atoms with van der Waals surface area (Å²) >= 11 is 6.17. The molecule has 22 heavy (non-hydrogen) atoms. The molecule has 1 aromatic rings. The van der Waals surface area contributed by atoms with Crippen molar-refractivity contribution in [2.45, 2.75) is 6.92 Å². The van der Waals surface area contributed by atoms with E-state index < -0.39 is 12.5 Å². The number of thioether (sulfide) groups is 1. The van der Waals surface area contributed by atoms with Gasteiger partial charge in [-0.15, -0.1) is 0 Å². The van der Waals surface area contributed by atoms with Crippen LogP contribution in [0.3, 0.4) is 0 Å². The average molecular weight is 360 g/mol. The van der Waals surface area contributed by atoms with Gasteiger partial charge in [0.1, 0.15) is 10.9 Å². The number of hydrogen-bond donors (Lipinski definition) is 1. The van der Waals surface area contributed by atoms with E-state index in [9.17, 15) is 9.59 Å². The van der Waals surface area contributed by atoms with Crippen molar-refractivity contribution < 1.29 is 67.5 Å². The van der Waals surface area contributed by atoms with Gasteiger partial charge in [-0.3, -0.25) is 14.5 Å². The number of carboxylic acid groups (broad SMARTS) is 1. The van der Waals surface area contributed by atoms with Crippen LogP contribution in [-0.2, 0) is 9.59 Å². The number of carboxylic acids is 1. The Morgan fingerprint density at radius 2 is 2.05 bits per heavy atom. The zero-order valence-corrected chi connectivity index (χ0v) is 17.0. The van der Waals surface area contributed by atoms with Gasteiger partial charge in [0.15, 0.2) is 0 Å². The van der Waals surface area contributed by atoms with Crippen molar-refractivity contribution in [3.05, 3.63) is 52.4 Å². The molecule has 1 N–H and O–H groups in total. The summed E-state index contributed by atoms with van der Waals surface area (Å²) in [4.78, 5) is 24.4. The van der Waals surface area contributed by atoms with E-state index in [0.29, 0.717) is 4.91 Å². The van der Waals surface area contributed by atoms with Crippen LogP contribution in [0.4, 0.5) is 0 Å². The van der Waals surface area contributed by atoms with Crippen molar-refractivity contribution in [3.8, 4) is 0 Å². The van der Waals surface area contributed by atoms with E-state index in [1.54, 1.807) is 6.08 Å². The second kappa shape index (κ2) is 9.12. The van der Waals surface area contributed by atoms with Gasteiger partial charge in [0, 0.05) is 0 Å². The fraction of sp³-hybridized carbons (Fsp3) is 0.133. The van der Waals surface area contributed by atoms with Gasteiger partial charge in [-0.25, -0.2) is 0 Å². The first-order valence-electron chi connectivity index (χ1n) is 6.18. The second-order valence-electron chi connectivity index (χ2n) is 4.46. The summed E-state index contributed by atoms with van der Waals surface area (Å²) in [6.45, 7) is 1.49. The summed E-state index contributed by atoms with van der Waals surface area (Å²) in [5, 5.41) is 8.78. The number of thiocarbonyl (C=S) groups is 1. The Morgan fingerprint density at radius 1 is 1.41 bits per heavy atom. The summed E-state index contributed by atoms with van der Waals surface area (Å²) in [5.74, 6) is -1.43. The number of rotatable bonds is 4. The third kappa shape index (κ3) is 5.41. The molecule has 1 heterocycles. The molecular formula is C15H14KNO3S2. The van der Waals surface area contributed by atoms with Gasteiger partial charge in [0.2, 0.25) is 0 Å². The molecule has 0 bridgehead atoms. The normalized spacial score (nSPS) is 16.9. The third-order valence-electron chi connectivity index (χ3n) is 2.72. The molecule has 0 aliphatic carbocycles. The average Bonchev–Trinajstić information content (AvgIpc) is 2.67. The summed E-state index contributed by atoms with van der Waals surface area (Å²) in [6.07, 6.45) is 3.68. The molecule has 110 valence electrons. The maximum Gasteiger partial charge on any atom is 1.00 e. The molecule has 7 heteroatoms. The Morgan fingerprint density at radius 3 is 2.64 bits per heavy atom. The molecule has 1 saturated heterocycles. The fourth-order valence-corrected chi connectivity index (χ4v) is 3.14. The van der Waals surface area contributed by atoms with Crippen molar-refractivity contribution in [1.29, 1.82) is 0 Å². The van der Waals surface area contributed by atoms with Gasteiger partial charge in [-0.05, 0) is 24.1 Å². The number of hydrogen-bond acceptors (Lipinski definition) is 4. The van der Waals surface area contributed by atoms with Crippen molar-refractivity contribution in [1.82, 2.24) is 4.90 Å². The van der Waals surface area contributed by atoms with Crippen LogP contribution in [0.15, 0.2) is 46.9 Å². The number of allylic oxidation sites excluding steroid dienone is 2.